The Bertz CT molecular complexity index is 420. The molecule has 1 aliphatic carbocycles. The van der Waals surface area contributed by atoms with Crippen LogP contribution in [0, 0.1) is 0 Å². The molecule has 0 atom stereocenters. The second-order valence-electron chi connectivity index (χ2n) is 3.34. The quantitative estimate of drug-likeness (QED) is 0.618. The highest BCUT2D eigenvalue weighted by atomic mass is 16.3. The average Bonchev–Trinajstić information content (AvgIpc) is 2.87. The summed E-state index contributed by atoms with van der Waals surface area (Å²) in [5, 5.41) is 12.0. The number of nitrogens with one attached hydrogen (secondary N) is 2. The van der Waals surface area contributed by atoms with Crippen LogP contribution >= 0.6 is 0 Å². The van der Waals surface area contributed by atoms with Crippen LogP contribution in [0.4, 0.5) is 0 Å². The van der Waals surface area contributed by atoms with E-state index < -0.39 is 5.56 Å². The Balaban J connectivity index is 2.21. The van der Waals surface area contributed by atoms with Gasteiger partial charge in [-0.25, -0.2) is 0 Å². The zero-order valence-corrected chi connectivity index (χ0v) is 7.41. The van der Waals surface area contributed by atoms with Gasteiger partial charge in [0.05, 0.1) is 5.56 Å². The summed E-state index contributed by atoms with van der Waals surface area (Å²) in [6.07, 6.45) is 3.18. The molecule has 74 valence electrons. The molecule has 1 fully saturated rings. The molecule has 5 heteroatoms. The third-order valence-corrected chi connectivity index (χ3v) is 2.06. The number of hydrogen-bond acceptors (Lipinski definition) is 3. The molecular formula is C9H10N2O3. The monoisotopic (exact) mass is 194 g/mol. The number of aromatic amines is 1. The summed E-state index contributed by atoms with van der Waals surface area (Å²) in [5.74, 6) is -0.631. The maximum atomic E-state index is 11.4. The van der Waals surface area contributed by atoms with E-state index in [1.165, 1.54) is 6.20 Å². The number of pyridine rings is 1. The number of carbonyl (C=O) groups is 1. The van der Waals surface area contributed by atoms with Crippen molar-refractivity contribution in [1.29, 1.82) is 0 Å². The third-order valence-electron chi connectivity index (χ3n) is 2.06. The van der Waals surface area contributed by atoms with Crippen molar-refractivity contribution in [3.63, 3.8) is 0 Å². The van der Waals surface area contributed by atoms with Crippen LogP contribution in [-0.2, 0) is 0 Å². The van der Waals surface area contributed by atoms with E-state index in [1.807, 2.05) is 0 Å². The lowest BCUT2D eigenvalue weighted by Crippen LogP contribution is -2.26. The molecule has 5 nitrogen and oxygen atoms in total. The minimum Gasteiger partial charge on any atom is -0.507 e. The first-order valence-electron chi connectivity index (χ1n) is 4.39. The van der Waals surface area contributed by atoms with E-state index in [4.69, 9.17) is 0 Å². The summed E-state index contributed by atoms with van der Waals surface area (Å²) < 4.78 is 0. The molecule has 1 saturated carbocycles. The van der Waals surface area contributed by atoms with Crippen LogP contribution in [0.3, 0.4) is 0 Å². The molecule has 0 aromatic carbocycles. The van der Waals surface area contributed by atoms with E-state index in [1.54, 1.807) is 0 Å². The predicted molar refractivity (Wildman–Crippen MR) is 49.2 cm³/mol. The van der Waals surface area contributed by atoms with Gasteiger partial charge in [-0.1, -0.05) is 0 Å². The maximum absolute atomic E-state index is 11.4. The second kappa shape index (κ2) is 3.17. The number of aromatic nitrogens is 1. The molecule has 1 amide bonds. The number of aromatic hydroxyl groups is 1. The van der Waals surface area contributed by atoms with Gasteiger partial charge in [0, 0.05) is 18.3 Å². The molecule has 0 spiro atoms. The van der Waals surface area contributed by atoms with Gasteiger partial charge in [0.15, 0.2) is 0 Å². The summed E-state index contributed by atoms with van der Waals surface area (Å²) in [6.45, 7) is 0. The Morgan fingerprint density at radius 1 is 1.57 bits per heavy atom. The second-order valence-corrected chi connectivity index (χ2v) is 3.34. The molecular weight excluding hydrogens is 184 g/mol. The highest BCUT2D eigenvalue weighted by molar-refractivity contribution is 5.96. The van der Waals surface area contributed by atoms with Gasteiger partial charge in [-0.05, 0) is 12.8 Å². The first-order valence-corrected chi connectivity index (χ1v) is 4.39. The smallest absolute Gasteiger partial charge is 0.256 e. The Morgan fingerprint density at radius 3 is 2.86 bits per heavy atom. The lowest BCUT2D eigenvalue weighted by molar-refractivity contribution is 0.0948. The molecule has 0 saturated heterocycles. The Kier molecular flexibility index (Phi) is 1.99. The van der Waals surface area contributed by atoms with Crippen LogP contribution in [0.5, 0.6) is 5.75 Å². The molecule has 2 rings (SSSR count). The van der Waals surface area contributed by atoms with Crippen molar-refractivity contribution in [2.24, 2.45) is 0 Å². The van der Waals surface area contributed by atoms with E-state index in [-0.39, 0.29) is 23.3 Å². The first-order chi connectivity index (χ1) is 6.66. The minimum atomic E-state index is -0.425. The molecule has 14 heavy (non-hydrogen) atoms. The van der Waals surface area contributed by atoms with Gasteiger partial charge >= 0.3 is 0 Å². The van der Waals surface area contributed by atoms with E-state index in [0.717, 1.165) is 18.9 Å². The molecule has 0 aliphatic heterocycles. The number of H-pyrrole nitrogens is 1. The van der Waals surface area contributed by atoms with Gasteiger partial charge in [0.1, 0.15) is 5.75 Å². The predicted octanol–water partition coefficient (Wildman–Crippen LogP) is -0.0273. The number of amides is 1. The number of carbonyl (C=O) groups excluding carboxylic acids is 1. The van der Waals surface area contributed by atoms with E-state index in [2.05, 4.69) is 10.3 Å². The number of hydrogen-bond donors (Lipinski definition) is 3. The summed E-state index contributed by atoms with van der Waals surface area (Å²) in [6, 6.07) is 1.22. The lowest BCUT2D eigenvalue weighted by atomic mass is 10.2. The van der Waals surface area contributed by atoms with Crippen LogP contribution in [0.2, 0.25) is 0 Å². The molecule has 0 unspecified atom stereocenters. The van der Waals surface area contributed by atoms with E-state index in [0.29, 0.717) is 0 Å². The summed E-state index contributed by atoms with van der Waals surface area (Å²) in [7, 11) is 0. The number of rotatable bonds is 2. The molecule has 1 aromatic heterocycles. The molecule has 3 N–H and O–H groups in total. The standard InChI is InChI=1S/C9H10N2O3/c12-7-3-8(13)10-4-6(7)9(14)11-5-1-2-5/h3-5H,1-2H2,(H,11,14)(H2,10,12,13). The Hall–Kier alpha value is -1.78. The summed E-state index contributed by atoms with van der Waals surface area (Å²) >= 11 is 0. The van der Waals surface area contributed by atoms with Crippen LogP contribution < -0.4 is 10.9 Å². The van der Waals surface area contributed by atoms with Crippen LogP contribution in [0.1, 0.15) is 23.2 Å². The third kappa shape index (κ3) is 1.76. The van der Waals surface area contributed by atoms with Crippen molar-refractivity contribution in [2.75, 3.05) is 0 Å². The van der Waals surface area contributed by atoms with E-state index >= 15 is 0 Å². The fraction of sp³-hybridized carbons (Fsp3) is 0.333. The largest absolute Gasteiger partial charge is 0.507 e. The highest BCUT2D eigenvalue weighted by Crippen LogP contribution is 2.20. The van der Waals surface area contributed by atoms with Crippen molar-refractivity contribution in [2.45, 2.75) is 18.9 Å². The van der Waals surface area contributed by atoms with Gasteiger partial charge in [-0.3, -0.25) is 9.59 Å². The van der Waals surface area contributed by atoms with Gasteiger partial charge in [0.25, 0.3) is 11.5 Å². The molecule has 1 heterocycles. The molecule has 1 aliphatic rings. The Labute approximate surface area is 79.8 Å². The van der Waals surface area contributed by atoms with Gasteiger partial charge < -0.3 is 15.4 Å². The topological polar surface area (TPSA) is 82.2 Å². The zero-order chi connectivity index (χ0) is 10.1. The summed E-state index contributed by atoms with van der Waals surface area (Å²) in [5.41, 5.74) is -0.318. The fourth-order valence-electron chi connectivity index (χ4n) is 1.13. The van der Waals surface area contributed by atoms with Crippen molar-refractivity contribution in [3.8, 4) is 5.75 Å². The van der Waals surface area contributed by atoms with Crippen LogP contribution in [0.15, 0.2) is 17.1 Å². The normalized spacial score (nSPS) is 15.1. The minimum absolute atomic E-state index is 0.108. The van der Waals surface area contributed by atoms with Crippen molar-refractivity contribution in [3.05, 3.63) is 28.2 Å². The molecule has 0 bridgehead atoms. The van der Waals surface area contributed by atoms with Crippen molar-refractivity contribution < 1.29 is 9.90 Å². The lowest BCUT2D eigenvalue weighted by Gasteiger charge is -2.03. The highest BCUT2D eigenvalue weighted by Gasteiger charge is 2.24. The Morgan fingerprint density at radius 2 is 2.29 bits per heavy atom. The summed E-state index contributed by atoms with van der Waals surface area (Å²) in [4.78, 5) is 24.5. The fourth-order valence-corrected chi connectivity index (χ4v) is 1.13. The maximum Gasteiger partial charge on any atom is 0.256 e. The van der Waals surface area contributed by atoms with Gasteiger partial charge in [-0.15, -0.1) is 0 Å². The molecule has 0 radical (unpaired) electrons. The average molecular weight is 194 g/mol. The molecule has 1 aromatic rings. The van der Waals surface area contributed by atoms with Gasteiger partial charge in [-0.2, -0.15) is 0 Å². The SMILES string of the molecule is O=C(NC1CC1)c1c[nH]c(=O)cc1O. The van der Waals surface area contributed by atoms with Crippen LogP contribution in [0.25, 0.3) is 0 Å². The van der Waals surface area contributed by atoms with E-state index in [9.17, 15) is 14.7 Å². The van der Waals surface area contributed by atoms with Gasteiger partial charge in [0.2, 0.25) is 0 Å². The first kappa shape index (κ1) is 8.80. The van der Waals surface area contributed by atoms with Crippen molar-refractivity contribution >= 4 is 5.91 Å². The zero-order valence-electron chi connectivity index (χ0n) is 7.41. The van der Waals surface area contributed by atoms with Crippen LogP contribution in [-0.4, -0.2) is 22.0 Å². The van der Waals surface area contributed by atoms with Crippen molar-refractivity contribution in [1.82, 2.24) is 10.3 Å².